The summed E-state index contributed by atoms with van der Waals surface area (Å²) in [6.07, 6.45) is -0.268. The van der Waals surface area contributed by atoms with E-state index in [1.807, 2.05) is 80.8 Å². The SMILES string of the molecule is CCOc1ccccc1NC(=O)CSc1nnc(C(C)Oc2cccc(C)c2)n1CC. The van der Waals surface area contributed by atoms with Crippen molar-refractivity contribution in [2.75, 3.05) is 17.7 Å². The highest BCUT2D eigenvalue weighted by atomic mass is 32.2. The quantitative estimate of drug-likeness (QED) is 0.453. The second-order valence-corrected chi connectivity index (χ2v) is 7.87. The summed E-state index contributed by atoms with van der Waals surface area (Å²) in [7, 11) is 0. The van der Waals surface area contributed by atoms with Crippen molar-refractivity contribution in [3.8, 4) is 11.5 Å². The minimum Gasteiger partial charge on any atom is -0.492 e. The molecule has 164 valence electrons. The minimum absolute atomic E-state index is 0.131. The maximum atomic E-state index is 12.5. The summed E-state index contributed by atoms with van der Waals surface area (Å²) >= 11 is 1.35. The second kappa shape index (κ2) is 10.9. The third-order valence-electron chi connectivity index (χ3n) is 4.52. The zero-order valence-electron chi connectivity index (χ0n) is 18.3. The van der Waals surface area contributed by atoms with E-state index in [9.17, 15) is 4.79 Å². The number of amides is 1. The largest absolute Gasteiger partial charge is 0.492 e. The number of thioether (sulfide) groups is 1. The van der Waals surface area contributed by atoms with Gasteiger partial charge >= 0.3 is 0 Å². The van der Waals surface area contributed by atoms with Crippen molar-refractivity contribution < 1.29 is 14.3 Å². The standard InChI is InChI=1S/C23H28N4O3S/c1-5-27-22(17(4)30-18-11-9-10-16(3)14-18)25-26-23(27)31-15-21(28)24-19-12-7-8-13-20(19)29-6-2/h7-14,17H,5-6,15H2,1-4H3,(H,24,28). The van der Waals surface area contributed by atoms with Crippen molar-refractivity contribution in [2.24, 2.45) is 0 Å². The highest BCUT2D eigenvalue weighted by Crippen LogP contribution is 2.26. The molecule has 0 saturated heterocycles. The molecule has 2 aromatic carbocycles. The summed E-state index contributed by atoms with van der Waals surface area (Å²) in [5.41, 5.74) is 1.79. The van der Waals surface area contributed by atoms with Crippen LogP contribution < -0.4 is 14.8 Å². The molecule has 3 aromatic rings. The number of anilines is 1. The molecule has 0 saturated carbocycles. The highest BCUT2D eigenvalue weighted by Gasteiger charge is 2.19. The molecule has 3 rings (SSSR count). The van der Waals surface area contributed by atoms with Crippen LogP contribution in [-0.2, 0) is 11.3 Å². The first-order valence-corrected chi connectivity index (χ1v) is 11.3. The van der Waals surface area contributed by atoms with Gasteiger partial charge in [-0.2, -0.15) is 0 Å². The number of aryl methyl sites for hydroxylation is 1. The molecular formula is C23H28N4O3S. The monoisotopic (exact) mass is 440 g/mol. The van der Waals surface area contributed by atoms with E-state index in [4.69, 9.17) is 9.47 Å². The first-order chi connectivity index (χ1) is 15.0. The molecule has 7 nitrogen and oxygen atoms in total. The van der Waals surface area contributed by atoms with Crippen LogP contribution in [0, 0.1) is 6.92 Å². The summed E-state index contributed by atoms with van der Waals surface area (Å²) in [5.74, 6) is 2.26. The van der Waals surface area contributed by atoms with Crippen LogP contribution in [0.4, 0.5) is 5.69 Å². The molecule has 1 atom stereocenters. The second-order valence-electron chi connectivity index (χ2n) is 6.93. The van der Waals surface area contributed by atoms with Gasteiger partial charge in [-0.25, -0.2) is 0 Å². The number of carbonyl (C=O) groups is 1. The van der Waals surface area contributed by atoms with Crippen molar-refractivity contribution >= 4 is 23.4 Å². The molecule has 0 radical (unpaired) electrons. The van der Waals surface area contributed by atoms with E-state index >= 15 is 0 Å². The van der Waals surface area contributed by atoms with E-state index in [0.29, 0.717) is 29.7 Å². The van der Waals surface area contributed by atoms with Crippen LogP contribution in [0.5, 0.6) is 11.5 Å². The number of nitrogens with one attached hydrogen (secondary N) is 1. The number of ether oxygens (including phenoxy) is 2. The molecule has 0 aliphatic heterocycles. The first-order valence-electron chi connectivity index (χ1n) is 10.3. The molecule has 1 aromatic heterocycles. The maximum absolute atomic E-state index is 12.5. The molecule has 0 fully saturated rings. The number of benzene rings is 2. The van der Waals surface area contributed by atoms with Crippen LogP contribution in [-0.4, -0.2) is 33.0 Å². The average Bonchev–Trinajstić information content (AvgIpc) is 3.17. The molecule has 0 bridgehead atoms. The number of carbonyl (C=O) groups excluding carboxylic acids is 1. The van der Waals surface area contributed by atoms with E-state index in [2.05, 4.69) is 15.5 Å². The number of aromatic nitrogens is 3. The molecule has 31 heavy (non-hydrogen) atoms. The van der Waals surface area contributed by atoms with Gasteiger partial charge in [-0.1, -0.05) is 36.0 Å². The van der Waals surface area contributed by atoms with Gasteiger partial charge in [0.15, 0.2) is 17.1 Å². The molecule has 8 heteroatoms. The van der Waals surface area contributed by atoms with Gasteiger partial charge in [0.1, 0.15) is 11.5 Å². The van der Waals surface area contributed by atoms with E-state index in [1.165, 1.54) is 11.8 Å². The van der Waals surface area contributed by atoms with Gasteiger partial charge in [0.2, 0.25) is 5.91 Å². The Labute approximate surface area is 187 Å². The molecule has 1 amide bonds. The lowest BCUT2D eigenvalue weighted by atomic mass is 10.2. The van der Waals surface area contributed by atoms with E-state index in [-0.39, 0.29) is 17.8 Å². The lowest BCUT2D eigenvalue weighted by Crippen LogP contribution is -2.16. The fourth-order valence-corrected chi connectivity index (χ4v) is 3.93. The number of rotatable bonds is 10. The zero-order valence-corrected chi connectivity index (χ0v) is 19.1. The van der Waals surface area contributed by atoms with Crippen molar-refractivity contribution in [3.63, 3.8) is 0 Å². The summed E-state index contributed by atoms with van der Waals surface area (Å²) < 4.78 is 13.6. The topological polar surface area (TPSA) is 78.3 Å². The summed E-state index contributed by atoms with van der Waals surface area (Å²) in [6.45, 7) is 9.12. The Morgan fingerprint density at radius 3 is 2.71 bits per heavy atom. The predicted molar refractivity (Wildman–Crippen MR) is 123 cm³/mol. The van der Waals surface area contributed by atoms with Crippen molar-refractivity contribution in [1.29, 1.82) is 0 Å². The van der Waals surface area contributed by atoms with Gasteiger partial charge in [0.25, 0.3) is 0 Å². The summed E-state index contributed by atoms with van der Waals surface area (Å²) in [6, 6.07) is 15.3. The third-order valence-corrected chi connectivity index (χ3v) is 5.49. The van der Waals surface area contributed by atoms with Crippen molar-refractivity contribution in [3.05, 3.63) is 59.9 Å². The Kier molecular flexibility index (Phi) is 7.94. The number of hydrogen-bond acceptors (Lipinski definition) is 6. The Morgan fingerprint density at radius 2 is 1.97 bits per heavy atom. The van der Waals surface area contributed by atoms with Crippen molar-refractivity contribution in [1.82, 2.24) is 14.8 Å². The van der Waals surface area contributed by atoms with Crippen LogP contribution in [0.2, 0.25) is 0 Å². The molecule has 1 N–H and O–H groups in total. The Balaban J connectivity index is 1.63. The average molecular weight is 441 g/mol. The summed E-state index contributed by atoms with van der Waals surface area (Å²) in [4.78, 5) is 12.5. The lowest BCUT2D eigenvalue weighted by Gasteiger charge is -2.16. The van der Waals surface area contributed by atoms with Gasteiger partial charge in [-0.3, -0.25) is 4.79 Å². The number of para-hydroxylation sites is 2. The van der Waals surface area contributed by atoms with Gasteiger partial charge in [-0.15, -0.1) is 10.2 Å². The van der Waals surface area contributed by atoms with E-state index in [1.54, 1.807) is 0 Å². The van der Waals surface area contributed by atoms with E-state index < -0.39 is 0 Å². The number of nitrogens with zero attached hydrogens (tertiary/aromatic N) is 3. The maximum Gasteiger partial charge on any atom is 0.234 e. The molecule has 0 spiro atoms. The molecule has 1 heterocycles. The molecular weight excluding hydrogens is 412 g/mol. The molecule has 1 unspecified atom stereocenters. The van der Waals surface area contributed by atoms with Crippen molar-refractivity contribution in [2.45, 2.75) is 45.5 Å². The highest BCUT2D eigenvalue weighted by molar-refractivity contribution is 7.99. The fraction of sp³-hybridized carbons (Fsp3) is 0.348. The van der Waals surface area contributed by atoms with Crippen LogP contribution >= 0.6 is 11.8 Å². The molecule has 0 aliphatic rings. The Bertz CT molecular complexity index is 1020. The van der Waals surface area contributed by atoms with Gasteiger partial charge in [0.05, 0.1) is 18.0 Å². The fourth-order valence-electron chi connectivity index (χ4n) is 3.12. The lowest BCUT2D eigenvalue weighted by molar-refractivity contribution is -0.113. The van der Waals surface area contributed by atoms with Gasteiger partial charge < -0.3 is 19.4 Å². The minimum atomic E-state index is -0.268. The number of hydrogen-bond donors (Lipinski definition) is 1. The van der Waals surface area contributed by atoms with Crippen LogP contribution in [0.15, 0.2) is 53.7 Å². The normalized spacial score (nSPS) is 11.7. The third kappa shape index (κ3) is 6.01. The van der Waals surface area contributed by atoms with Gasteiger partial charge in [0, 0.05) is 6.54 Å². The zero-order chi connectivity index (χ0) is 22.2. The van der Waals surface area contributed by atoms with Crippen LogP contribution in [0.3, 0.4) is 0 Å². The molecule has 0 aliphatic carbocycles. The Hall–Kier alpha value is -3.00. The van der Waals surface area contributed by atoms with Crippen LogP contribution in [0.1, 0.15) is 38.3 Å². The first kappa shape index (κ1) is 22.7. The van der Waals surface area contributed by atoms with E-state index in [0.717, 1.165) is 17.1 Å². The van der Waals surface area contributed by atoms with Crippen LogP contribution in [0.25, 0.3) is 0 Å². The predicted octanol–water partition coefficient (Wildman–Crippen LogP) is 4.88. The van der Waals surface area contributed by atoms with Gasteiger partial charge in [-0.05, 0) is 57.5 Å². The Morgan fingerprint density at radius 1 is 1.16 bits per heavy atom. The smallest absolute Gasteiger partial charge is 0.234 e. The summed E-state index contributed by atoms with van der Waals surface area (Å²) in [5, 5.41) is 12.2.